The summed E-state index contributed by atoms with van der Waals surface area (Å²) in [5, 5.41) is 2.83. The summed E-state index contributed by atoms with van der Waals surface area (Å²) in [5.41, 5.74) is 0.865. The minimum atomic E-state index is -0.383. The van der Waals surface area contributed by atoms with Crippen molar-refractivity contribution in [3.05, 3.63) is 29.8 Å². The summed E-state index contributed by atoms with van der Waals surface area (Å²) in [6.45, 7) is 1.45. The van der Waals surface area contributed by atoms with Gasteiger partial charge in [-0.25, -0.2) is 0 Å². The van der Waals surface area contributed by atoms with E-state index in [1.54, 1.807) is 7.11 Å². The van der Waals surface area contributed by atoms with Crippen molar-refractivity contribution < 1.29 is 19.1 Å². The van der Waals surface area contributed by atoms with Gasteiger partial charge < -0.3 is 14.8 Å². The van der Waals surface area contributed by atoms with E-state index in [1.807, 2.05) is 24.3 Å². The van der Waals surface area contributed by atoms with Crippen molar-refractivity contribution >= 4 is 11.9 Å². The van der Waals surface area contributed by atoms with Crippen molar-refractivity contribution in [3.63, 3.8) is 0 Å². The number of esters is 1. The first-order chi connectivity index (χ1) is 11.6. The molecule has 1 aliphatic rings. The van der Waals surface area contributed by atoms with E-state index in [4.69, 9.17) is 9.47 Å². The summed E-state index contributed by atoms with van der Waals surface area (Å²) in [6.07, 6.45) is 6.72. The number of nitrogens with one attached hydrogen (secondary N) is 1. The molecular weight excluding hydrogens is 306 g/mol. The molecule has 1 atom stereocenters. The topological polar surface area (TPSA) is 64.6 Å². The largest absolute Gasteiger partial charge is 0.497 e. The minimum absolute atomic E-state index is 0.0221. The first kappa shape index (κ1) is 18.3. The van der Waals surface area contributed by atoms with Gasteiger partial charge in [0.15, 0.2) is 0 Å². The maximum Gasteiger partial charge on any atom is 0.308 e. The van der Waals surface area contributed by atoms with E-state index in [-0.39, 0.29) is 30.4 Å². The molecule has 0 spiro atoms. The number of hydrogen-bond acceptors (Lipinski definition) is 4. The van der Waals surface area contributed by atoms with Gasteiger partial charge in [-0.05, 0) is 43.4 Å². The minimum Gasteiger partial charge on any atom is -0.497 e. The summed E-state index contributed by atoms with van der Waals surface area (Å²) in [4.78, 5) is 23.8. The average Bonchev–Trinajstić information content (AvgIpc) is 2.82. The van der Waals surface area contributed by atoms with Gasteiger partial charge in [-0.15, -0.1) is 0 Å². The highest BCUT2D eigenvalue weighted by Gasteiger charge is 2.22. The third kappa shape index (κ3) is 5.87. The van der Waals surface area contributed by atoms with Crippen LogP contribution in [0.4, 0.5) is 0 Å². The Morgan fingerprint density at radius 3 is 2.29 bits per heavy atom. The van der Waals surface area contributed by atoms with Crippen LogP contribution in [0.15, 0.2) is 24.3 Å². The standard InChI is InChI=1S/C19H27NO4/c1-14(21)20-18(15-9-11-16(23-2)12-10-15)13-19(22)24-17-7-5-3-4-6-8-17/h9-12,17-18H,3-8,13H2,1-2H3,(H,20,21). The van der Waals surface area contributed by atoms with Crippen molar-refractivity contribution in [3.8, 4) is 5.75 Å². The van der Waals surface area contributed by atoms with Gasteiger partial charge in [0.1, 0.15) is 11.9 Å². The van der Waals surface area contributed by atoms with Crippen molar-refractivity contribution in [2.24, 2.45) is 0 Å². The molecular formula is C19H27NO4. The lowest BCUT2D eigenvalue weighted by Gasteiger charge is -2.20. The monoisotopic (exact) mass is 333 g/mol. The third-order valence-electron chi connectivity index (χ3n) is 4.37. The van der Waals surface area contributed by atoms with Gasteiger partial charge in [-0.3, -0.25) is 9.59 Å². The van der Waals surface area contributed by atoms with Crippen LogP contribution in [0, 0.1) is 0 Å². The molecule has 1 amide bonds. The third-order valence-corrected chi connectivity index (χ3v) is 4.37. The van der Waals surface area contributed by atoms with E-state index in [0.29, 0.717) is 0 Å². The van der Waals surface area contributed by atoms with Crippen LogP contribution in [0.25, 0.3) is 0 Å². The van der Waals surface area contributed by atoms with Gasteiger partial charge in [0.2, 0.25) is 5.91 Å². The van der Waals surface area contributed by atoms with E-state index in [2.05, 4.69) is 5.32 Å². The first-order valence-electron chi connectivity index (χ1n) is 8.69. The van der Waals surface area contributed by atoms with E-state index in [0.717, 1.165) is 37.0 Å². The van der Waals surface area contributed by atoms with Crippen LogP contribution in [0.5, 0.6) is 5.75 Å². The second-order valence-corrected chi connectivity index (χ2v) is 6.33. The van der Waals surface area contributed by atoms with Gasteiger partial charge in [-0.2, -0.15) is 0 Å². The van der Waals surface area contributed by atoms with E-state index in [1.165, 1.54) is 19.8 Å². The van der Waals surface area contributed by atoms with Crippen molar-refractivity contribution in [2.75, 3.05) is 7.11 Å². The second kappa shape index (κ2) is 9.30. The van der Waals surface area contributed by atoms with Gasteiger partial charge in [0.05, 0.1) is 19.6 Å². The van der Waals surface area contributed by atoms with E-state index < -0.39 is 0 Å². The van der Waals surface area contributed by atoms with Crippen LogP contribution in [0.2, 0.25) is 0 Å². The smallest absolute Gasteiger partial charge is 0.308 e. The zero-order valence-electron chi connectivity index (χ0n) is 14.5. The lowest BCUT2D eigenvalue weighted by atomic mass is 10.0. The Hall–Kier alpha value is -2.04. The van der Waals surface area contributed by atoms with Crippen LogP contribution in [-0.2, 0) is 14.3 Å². The van der Waals surface area contributed by atoms with Gasteiger partial charge in [0, 0.05) is 6.92 Å². The van der Waals surface area contributed by atoms with Crippen LogP contribution >= 0.6 is 0 Å². The highest BCUT2D eigenvalue weighted by molar-refractivity contribution is 5.76. The molecule has 1 fully saturated rings. The molecule has 0 aliphatic heterocycles. The molecule has 5 nitrogen and oxygen atoms in total. The lowest BCUT2D eigenvalue weighted by molar-refractivity contribution is -0.150. The molecule has 2 rings (SSSR count). The van der Waals surface area contributed by atoms with Crippen LogP contribution < -0.4 is 10.1 Å². The number of hydrogen-bond donors (Lipinski definition) is 1. The zero-order valence-corrected chi connectivity index (χ0v) is 14.5. The van der Waals surface area contributed by atoms with Crippen molar-refractivity contribution in [2.45, 2.75) is 64.0 Å². The van der Waals surface area contributed by atoms with Crippen LogP contribution in [0.3, 0.4) is 0 Å². The highest BCUT2D eigenvalue weighted by atomic mass is 16.5. The maximum absolute atomic E-state index is 12.3. The SMILES string of the molecule is COc1ccc(C(CC(=O)OC2CCCCCC2)NC(C)=O)cc1. The maximum atomic E-state index is 12.3. The fraction of sp³-hybridized carbons (Fsp3) is 0.579. The number of carbonyl (C=O) groups excluding carboxylic acids is 2. The molecule has 1 aliphatic carbocycles. The van der Waals surface area contributed by atoms with Gasteiger partial charge in [-0.1, -0.05) is 25.0 Å². The Bertz CT molecular complexity index is 533. The molecule has 0 heterocycles. The average molecular weight is 333 g/mol. The molecule has 1 aromatic carbocycles. The number of rotatable bonds is 6. The molecule has 1 unspecified atom stereocenters. The summed E-state index contributed by atoms with van der Waals surface area (Å²) >= 11 is 0. The zero-order chi connectivity index (χ0) is 17.4. The molecule has 1 N–H and O–H groups in total. The van der Waals surface area contributed by atoms with Crippen LogP contribution in [-0.4, -0.2) is 25.1 Å². The van der Waals surface area contributed by atoms with Crippen LogP contribution in [0.1, 0.15) is 63.5 Å². The summed E-state index contributed by atoms with van der Waals surface area (Å²) < 4.78 is 10.8. The first-order valence-corrected chi connectivity index (χ1v) is 8.69. The predicted octanol–water partition coefficient (Wildman–Crippen LogP) is 3.53. The molecule has 132 valence electrons. The number of carbonyl (C=O) groups is 2. The molecule has 5 heteroatoms. The van der Waals surface area contributed by atoms with E-state index in [9.17, 15) is 9.59 Å². The molecule has 1 saturated carbocycles. The Balaban J connectivity index is 1.98. The number of amides is 1. The number of ether oxygens (including phenoxy) is 2. The molecule has 24 heavy (non-hydrogen) atoms. The number of benzene rings is 1. The molecule has 1 aromatic rings. The fourth-order valence-corrected chi connectivity index (χ4v) is 3.09. The number of methoxy groups -OCH3 is 1. The Morgan fingerprint density at radius 2 is 1.75 bits per heavy atom. The Labute approximate surface area is 143 Å². The Morgan fingerprint density at radius 1 is 1.12 bits per heavy atom. The molecule has 0 saturated heterocycles. The normalized spacial score (nSPS) is 16.8. The van der Waals surface area contributed by atoms with E-state index >= 15 is 0 Å². The quantitative estimate of drug-likeness (QED) is 0.639. The van der Waals surface area contributed by atoms with Gasteiger partial charge >= 0.3 is 5.97 Å². The summed E-state index contributed by atoms with van der Waals surface area (Å²) in [5.74, 6) is 0.316. The highest BCUT2D eigenvalue weighted by Crippen LogP contribution is 2.24. The Kier molecular flexibility index (Phi) is 7.09. The summed E-state index contributed by atoms with van der Waals surface area (Å²) in [7, 11) is 1.60. The van der Waals surface area contributed by atoms with Crippen molar-refractivity contribution in [1.29, 1.82) is 0 Å². The van der Waals surface area contributed by atoms with Gasteiger partial charge in [0.25, 0.3) is 0 Å². The predicted molar refractivity (Wildman–Crippen MR) is 91.8 cm³/mol. The van der Waals surface area contributed by atoms with Crippen molar-refractivity contribution in [1.82, 2.24) is 5.32 Å². The summed E-state index contributed by atoms with van der Waals surface area (Å²) in [6, 6.07) is 6.98. The lowest BCUT2D eigenvalue weighted by Crippen LogP contribution is -2.29. The molecule has 0 bridgehead atoms. The molecule has 0 aromatic heterocycles. The fourth-order valence-electron chi connectivity index (χ4n) is 3.09. The second-order valence-electron chi connectivity index (χ2n) is 6.33. The molecule has 0 radical (unpaired) electrons.